The van der Waals surface area contributed by atoms with Gasteiger partial charge in [-0.3, -0.25) is 0 Å². The first-order chi connectivity index (χ1) is 30.5. The van der Waals surface area contributed by atoms with Gasteiger partial charge in [0.2, 0.25) is 0 Å². The van der Waals surface area contributed by atoms with Crippen molar-refractivity contribution in [3.05, 3.63) is 246 Å². The minimum Gasteiger partial charge on any atom is -0.310 e. The van der Waals surface area contributed by atoms with Gasteiger partial charge in [0, 0.05) is 16.9 Å². The van der Waals surface area contributed by atoms with Crippen LogP contribution in [-0.4, -0.2) is 0 Å². The molecule has 0 aliphatic heterocycles. The van der Waals surface area contributed by atoms with Crippen LogP contribution in [0, 0.1) is 0 Å². The second-order valence-electron chi connectivity index (χ2n) is 13.4. The van der Waals surface area contributed by atoms with Crippen LogP contribution in [0.2, 0.25) is 0 Å². The molecule has 10 rings (SSSR count). The van der Waals surface area contributed by atoms with Gasteiger partial charge < -0.3 is 4.90 Å². The Morgan fingerprint density at radius 2 is 1.00 bits per heavy atom. The normalized spacial score (nSPS) is 14.9. The van der Waals surface area contributed by atoms with Crippen LogP contribution in [0.25, 0.3) is 44.2 Å². The third-order valence-electron chi connectivity index (χ3n) is 10.5. The van der Waals surface area contributed by atoms with Gasteiger partial charge in [-0.1, -0.05) is 188 Å². The van der Waals surface area contributed by atoms with Gasteiger partial charge in [0.05, 0.1) is 23.4 Å². The predicted molar refractivity (Wildman–Crippen MR) is 227 cm³/mol. The molecule has 0 spiro atoms. The summed E-state index contributed by atoms with van der Waals surface area (Å²) in [7, 11) is 0. The summed E-state index contributed by atoms with van der Waals surface area (Å²) in [6.07, 6.45) is 0. The van der Waals surface area contributed by atoms with Gasteiger partial charge >= 0.3 is 0 Å². The highest BCUT2D eigenvalue weighted by atomic mass is 15.1. The topological polar surface area (TPSA) is 3.24 Å². The first-order valence-electron chi connectivity index (χ1n) is 22.5. The predicted octanol–water partition coefficient (Wildman–Crippen LogP) is 14.0. The number of fused-ring (bicyclic) bond motifs is 4. The molecule has 0 heterocycles. The lowest BCUT2D eigenvalue weighted by Gasteiger charge is -2.34. The molecule has 0 unspecified atom stereocenters. The maximum absolute atomic E-state index is 9.75. The lowest BCUT2D eigenvalue weighted by Crippen LogP contribution is -2.28. The van der Waals surface area contributed by atoms with Crippen molar-refractivity contribution in [1.29, 1.82) is 0 Å². The van der Waals surface area contributed by atoms with Crippen LogP contribution in [0.5, 0.6) is 0 Å². The SMILES string of the molecule is [2H]c1c([2H])c([2H])c(-c2c([2H])c([2H])c(N(c3cccc(-c4ccc5ccccc5c4)c3)c3cccc4c3-c3ccccc3C4(c3ccccc3)c3ccccc3)c([2H])c2[2H])c([2H])c1[2H]. The molecule has 1 aliphatic rings. The molecule has 54 heavy (non-hydrogen) atoms. The quantitative estimate of drug-likeness (QED) is 0.160. The second-order valence-corrected chi connectivity index (χ2v) is 13.4. The van der Waals surface area contributed by atoms with Crippen molar-refractivity contribution in [2.24, 2.45) is 0 Å². The molecule has 0 bridgehead atoms. The molecular formula is C53H37N. The van der Waals surface area contributed by atoms with Gasteiger partial charge in [0.15, 0.2) is 0 Å². The van der Waals surface area contributed by atoms with Crippen LogP contribution < -0.4 is 4.90 Å². The van der Waals surface area contributed by atoms with Gasteiger partial charge in [0.25, 0.3) is 0 Å². The molecule has 0 atom stereocenters. The lowest BCUT2D eigenvalue weighted by molar-refractivity contribution is 0.768. The Labute approximate surface area is 329 Å². The lowest BCUT2D eigenvalue weighted by atomic mass is 9.68. The van der Waals surface area contributed by atoms with E-state index in [9.17, 15) is 5.48 Å². The maximum Gasteiger partial charge on any atom is 0.0714 e. The summed E-state index contributed by atoms with van der Waals surface area (Å²) in [5, 5.41) is 2.16. The number of rotatable bonds is 7. The van der Waals surface area contributed by atoms with Crippen LogP contribution in [0.4, 0.5) is 17.1 Å². The first kappa shape index (κ1) is 23.6. The largest absolute Gasteiger partial charge is 0.310 e. The van der Waals surface area contributed by atoms with Gasteiger partial charge in [-0.15, -0.1) is 0 Å². The van der Waals surface area contributed by atoms with Gasteiger partial charge in [-0.25, -0.2) is 0 Å². The van der Waals surface area contributed by atoms with E-state index >= 15 is 0 Å². The van der Waals surface area contributed by atoms with Gasteiger partial charge in [0.1, 0.15) is 0 Å². The number of hydrogen-bond acceptors (Lipinski definition) is 1. The fourth-order valence-electron chi connectivity index (χ4n) is 8.16. The third-order valence-corrected chi connectivity index (χ3v) is 10.5. The minimum atomic E-state index is -0.775. The van der Waals surface area contributed by atoms with Crippen molar-refractivity contribution < 1.29 is 12.3 Å². The van der Waals surface area contributed by atoms with Crippen molar-refractivity contribution in [1.82, 2.24) is 0 Å². The molecule has 0 aromatic heterocycles. The summed E-state index contributed by atoms with van der Waals surface area (Å²) < 4.78 is 80.8. The smallest absolute Gasteiger partial charge is 0.0714 e. The molecule has 0 saturated heterocycles. The first-order valence-corrected chi connectivity index (χ1v) is 18.0. The van der Waals surface area contributed by atoms with Crippen LogP contribution in [0.1, 0.15) is 34.6 Å². The number of anilines is 3. The van der Waals surface area contributed by atoms with E-state index in [0.717, 1.165) is 55.3 Å². The molecular weight excluding hydrogens is 651 g/mol. The number of nitrogens with zero attached hydrogens (tertiary/aromatic N) is 1. The average molecular weight is 697 g/mol. The monoisotopic (exact) mass is 696 g/mol. The Bertz CT molecular complexity index is 3200. The Morgan fingerprint density at radius 3 is 1.76 bits per heavy atom. The van der Waals surface area contributed by atoms with Crippen molar-refractivity contribution in [3.63, 3.8) is 0 Å². The van der Waals surface area contributed by atoms with E-state index in [0.29, 0.717) is 11.4 Å². The highest BCUT2D eigenvalue weighted by molar-refractivity contribution is 5.98. The third kappa shape index (κ3) is 5.17. The molecule has 1 aliphatic carbocycles. The van der Waals surface area contributed by atoms with Crippen molar-refractivity contribution in [2.75, 3.05) is 4.90 Å². The summed E-state index contributed by atoms with van der Waals surface area (Å²) in [6.45, 7) is 0. The maximum atomic E-state index is 9.75. The van der Waals surface area contributed by atoms with Crippen molar-refractivity contribution >= 4 is 27.8 Å². The Hall–Kier alpha value is -6.96. The molecule has 0 fully saturated rings. The summed E-state index contributed by atoms with van der Waals surface area (Å²) in [4.78, 5) is 1.79. The molecule has 1 heteroatoms. The Balaban J connectivity index is 1.30. The fraction of sp³-hybridized carbons (Fsp3) is 0.0189. The molecule has 0 N–H and O–H groups in total. The molecule has 0 radical (unpaired) electrons. The van der Waals surface area contributed by atoms with E-state index in [-0.39, 0.29) is 16.8 Å². The zero-order chi connectivity index (χ0) is 43.7. The fourth-order valence-corrected chi connectivity index (χ4v) is 8.16. The Morgan fingerprint density at radius 1 is 0.389 bits per heavy atom. The molecule has 1 nitrogen and oxygen atoms in total. The summed E-state index contributed by atoms with van der Waals surface area (Å²) in [5.74, 6) is 0. The summed E-state index contributed by atoms with van der Waals surface area (Å²) in [5.41, 5.74) is 7.32. The summed E-state index contributed by atoms with van der Waals surface area (Å²) in [6, 6.07) is 52.2. The summed E-state index contributed by atoms with van der Waals surface area (Å²) >= 11 is 0. The zero-order valence-electron chi connectivity index (χ0n) is 38.1. The van der Waals surface area contributed by atoms with Crippen LogP contribution in [0.3, 0.4) is 0 Å². The Kier molecular flexibility index (Phi) is 5.77. The van der Waals surface area contributed by atoms with E-state index < -0.39 is 59.8 Å². The standard InChI is InChI=1S/C53H37N/c1-4-16-38(17-5-1)40-32-34-46(35-33-40)54(47-25-14-20-42(37-47)43-31-30-39-18-10-11-19-41(39)36-43)51-29-15-28-50-52(51)48-26-12-13-27-49(48)53(50,44-21-6-2-7-22-44)45-23-8-3-9-24-45/h1-37H/i1D,4D,5D,16D,17D,32D,33D,34D,35D. The van der Waals surface area contributed by atoms with E-state index in [1.165, 1.54) is 0 Å². The van der Waals surface area contributed by atoms with Crippen LogP contribution in [0.15, 0.2) is 224 Å². The van der Waals surface area contributed by atoms with Gasteiger partial charge in [-0.05, 0) is 97.2 Å². The van der Waals surface area contributed by atoms with Crippen molar-refractivity contribution in [2.45, 2.75) is 5.41 Å². The van der Waals surface area contributed by atoms with Crippen LogP contribution >= 0.6 is 0 Å². The highest BCUT2D eigenvalue weighted by Crippen LogP contribution is 2.59. The highest BCUT2D eigenvalue weighted by Gasteiger charge is 2.47. The van der Waals surface area contributed by atoms with Gasteiger partial charge in [-0.2, -0.15) is 0 Å². The molecule has 0 saturated carbocycles. The van der Waals surface area contributed by atoms with E-state index in [4.69, 9.17) is 6.85 Å². The zero-order valence-corrected chi connectivity index (χ0v) is 29.1. The van der Waals surface area contributed by atoms with E-state index in [1.807, 2.05) is 97.1 Å². The van der Waals surface area contributed by atoms with Crippen molar-refractivity contribution in [3.8, 4) is 33.4 Å². The minimum absolute atomic E-state index is 0.0559. The molecule has 0 amide bonds. The molecule has 254 valence electrons. The van der Waals surface area contributed by atoms with Crippen LogP contribution in [-0.2, 0) is 5.41 Å². The van der Waals surface area contributed by atoms with E-state index in [1.54, 1.807) is 4.90 Å². The van der Waals surface area contributed by atoms with E-state index in [2.05, 4.69) is 72.8 Å². The number of benzene rings is 9. The molecule has 9 aromatic rings. The second kappa shape index (κ2) is 13.2. The molecule has 9 aromatic carbocycles. The average Bonchev–Trinajstić information content (AvgIpc) is 3.64. The number of hydrogen-bond donors (Lipinski definition) is 0.